The second kappa shape index (κ2) is 8.47. The van der Waals surface area contributed by atoms with Crippen molar-refractivity contribution in [2.75, 3.05) is 12.8 Å². The van der Waals surface area contributed by atoms with Gasteiger partial charge in [0, 0.05) is 23.0 Å². The molecule has 4 aromatic rings. The Morgan fingerprint density at radius 1 is 1.06 bits per heavy atom. The Labute approximate surface area is 184 Å². The second-order valence-corrected chi connectivity index (χ2v) is 7.31. The number of hydrogen-bond acceptors (Lipinski definition) is 5. The quantitative estimate of drug-likeness (QED) is 0.334. The zero-order valence-corrected chi connectivity index (χ0v) is 17.7. The van der Waals surface area contributed by atoms with Crippen LogP contribution in [-0.2, 0) is 6.61 Å². The van der Waals surface area contributed by atoms with Gasteiger partial charge in [-0.1, -0.05) is 30.3 Å². The lowest BCUT2D eigenvalue weighted by Crippen LogP contribution is -2.10. The first kappa shape index (κ1) is 21.0. The molecule has 0 bridgehead atoms. The third-order valence-electron chi connectivity index (χ3n) is 5.31. The van der Waals surface area contributed by atoms with Gasteiger partial charge in [-0.3, -0.25) is 4.79 Å². The summed E-state index contributed by atoms with van der Waals surface area (Å²) in [5.41, 5.74) is 8.57. The summed E-state index contributed by atoms with van der Waals surface area (Å²) in [6.07, 6.45) is 1.75. The standard InChI is InChI=1S/C25H22N2O5/c1-15-21(23(28)17-10-11-19(26)18(13-17)25(29)30)27-12-6-9-20(22(27)24(15)31-2)32-14-16-7-4-3-5-8-16/h3-13H,14,26H2,1-2H3,(H,29,30). The summed E-state index contributed by atoms with van der Waals surface area (Å²) in [4.78, 5) is 24.9. The van der Waals surface area contributed by atoms with Crippen LogP contribution in [0, 0.1) is 6.92 Å². The topological polar surface area (TPSA) is 103 Å². The molecule has 7 heteroatoms. The maximum absolute atomic E-state index is 13.4. The third-order valence-corrected chi connectivity index (χ3v) is 5.31. The van der Waals surface area contributed by atoms with Gasteiger partial charge in [0.05, 0.1) is 12.7 Å². The lowest BCUT2D eigenvalue weighted by atomic mass is 10.0. The highest BCUT2D eigenvalue weighted by Gasteiger charge is 2.25. The Hall–Kier alpha value is -4.26. The number of ketones is 1. The second-order valence-electron chi connectivity index (χ2n) is 7.31. The van der Waals surface area contributed by atoms with Crippen LogP contribution in [0.1, 0.15) is 37.5 Å². The van der Waals surface area contributed by atoms with Gasteiger partial charge in [-0.05, 0) is 42.8 Å². The molecule has 32 heavy (non-hydrogen) atoms. The first-order valence-electron chi connectivity index (χ1n) is 9.94. The van der Waals surface area contributed by atoms with Crippen molar-refractivity contribution in [1.82, 2.24) is 4.40 Å². The van der Waals surface area contributed by atoms with Crippen molar-refractivity contribution < 1.29 is 24.2 Å². The largest absolute Gasteiger partial charge is 0.494 e. The van der Waals surface area contributed by atoms with Gasteiger partial charge in [0.1, 0.15) is 23.6 Å². The molecule has 0 aliphatic rings. The number of nitrogens with zero attached hydrogens (tertiary/aromatic N) is 1. The number of pyridine rings is 1. The molecule has 3 N–H and O–H groups in total. The van der Waals surface area contributed by atoms with Crippen LogP contribution >= 0.6 is 0 Å². The van der Waals surface area contributed by atoms with Crippen LogP contribution in [0.2, 0.25) is 0 Å². The zero-order valence-electron chi connectivity index (χ0n) is 17.7. The maximum atomic E-state index is 13.4. The molecule has 2 aromatic carbocycles. The molecule has 4 rings (SSSR count). The minimum Gasteiger partial charge on any atom is -0.494 e. The molecular weight excluding hydrogens is 408 g/mol. The first-order valence-corrected chi connectivity index (χ1v) is 9.94. The summed E-state index contributed by atoms with van der Waals surface area (Å²) < 4.78 is 13.4. The molecule has 0 aliphatic heterocycles. The Bertz CT molecular complexity index is 1330. The number of fused-ring (bicyclic) bond motifs is 1. The average Bonchev–Trinajstić information content (AvgIpc) is 3.09. The molecule has 0 amide bonds. The van der Waals surface area contributed by atoms with Crippen molar-refractivity contribution in [3.05, 3.63) is 94.8 Å². The molecule has 0 fully saturated rings. The Morgan fingerprint density at radius 3 is 2.50 bits per heavy atom. The monoisotopic (exact) mass is 430 g/mol. The number of carboxylic acid groups (broad SMARTS) is 1. The Balaban J connectivity index is 1.81. The van der Waals surface area contributed by atoms with Gasteiger partial charge in [0.2, 0.25) is 5.78 Å². The number of methoxy groups -OCH3 is 1. The summed E-state index contributed by atoms with van der Waals surface area (Å²) in [5.74, 6) is -0.448. The number of benzene rings is 2. The van der Waals surface area contributed by atoms with Crippen LogP contribution in [0.15, 0.2) is 66.9 Å². The van der Waals surface area contributed by atoms with Crippen molar-refractivity contribution >= 4 is 23.0 Å². The van der Waals surface area contributed by atoms with E-state index in [0.29, 0.717) is 34.9 Å². The molecule has 0 aliphatic carbocycles. The van der Waals surface area contributed by atoms with E-state index in [0.717, 1.165) is 5.56 Å². The first-order chi connectivity index (χ1) is 15.4. The number of nitrogen functional groups attached to an aromatic ring is 1. The third kappa shape index (κ3) is 3.65. The number of carbonyl (C=O) groups excluding carboxylic acids is 1. The van der Waals surface area contributed by atoms with Crippen LogP contribution in [-0.4, -0.2) is 28.4 Å². The summed E-state index contributed by atoms with van der Waals surface area (Å²) >= 11 is 0. The smallest absolute Gasteiger partial charge is 0.337 e. The SMILES string of the molecule is COc1c(C)c(C(=O)c2ccc(N)c(C(=O)O)c2)n2cccc(OCc3ccccc3)c12. The average molecular weight is 430 g/mol. The number of carboxylic acids is 1. The van der Waals surface area contributed by atoms with Crippen molar-refractivity contribution in [1.29, 1.82) is 0 Å². The molecule has 0 saturated heterocycles. The zero-order chi connectivity index (χ0) is 22.8. The number of ether oxygens (including phenoxy) is 2. The molecule has 0 atom stereocenters. The van der Waals surface area contributed by atoms with Crippen LogP contribution in [0.3, 0.4) is 0 Å². The van der Waals surface area contributed by atoms with Crippen LogP contribution in [0.25, 0.3) is 5.52 Å². The number of rotatable bonds is 7. The van der Waals surface area contributed by atoms with Gasteiger partial charge in [0.15, 0.2) is 5.75 Å². The van der Waals surface area contributed by atoms with Gasteiger partial charge in [-0.25, -0.2) is 4.79 Å². The molecule has 0 saturated carbocycles. The Morgan fingerprint density at radius 2 is 1.81 bits per heavy atom. The number of aromatic nitrogens is 1. The lowest BCUT2D eigenvalue weighted by molar-refractivity contribution is 0.0698. The highest BCUT2D eigenvalue weighted by Crippen LogP contribution is 2.37. The summed E-state index contributed by atoms with van der Waals surface area (Å²) in [7, 11) is 1.54. The minimum absolute atomic E-state index is 0.0972. The highest BCUT2D eigenvalue weighted by atomic mass is 16.5. The van der Waals surface area contributed by atoms with E-state index in [2.05, 4.69) is 0 Å². The van der Waals surface area contributed by atoms with Gasteiger partial charge >= 0.3 is 5.97 Å². The molecule has 2 aromatic heterocycles. The van der Waals surface area contributed by atoms with Crippen molar-refractivity contribution in [2.45, 2.75) is 13.5 Å². The fraction of sp³-hybridized carbons (Fsp3) is 0.120. The van der Waals surface area contributed by atoms with E-state index < -0.39 is 5.97 Å². The lowest BCUT2D eigenvalue weighted by Gasteiger charge is -2.10. The fourth-order valence-corrected chi connectivity index (χ4v) is 3.76. The normalized spacial score (nSPS) is 10.8. The van der Waals surface area contributed by atoms with Crippen molar-refractivity contribution in [3.63, 3.8) is 0 Å². The molecular formula is C25H22N2O5. The fourth-order valence-electron chi connectivity index (χ4n) is 3.76. The van der Waals surface area contributed by atoms with Crippen molar-refractivity contribution in [2.24, 2.45) is 0 Å². The number of carbonyl (C=O) groups is 2. The van der Waals surface area contributed by atoms with Gasteiger partial charge < -0.3 is 24.7 Å². The number of nitrogens with two attached hydrogens (primary N) is 1. The summed E-state index contributed by atoms with van der Waals surface area (Å²) in [5, 5.41) is 9.37. The van der Waals surface area contributed by atoms with E-state index in [9.17, 15) is 14.7 Å². The van der Waals surface area contributed by atoms with Gasteiger partial charge in [-0.15, -0.1) is 0 Å². The molecule has 162 valence electrons. The van der Waals surface area contributed by atoms with E-state index in [1.54, 1.807) is 23.6 Å². The molecule has 0 radical (unpaired) electrons. The van der Waals surface area contributed by atoms with Gasteiger partial charge in [-0.2, -0.15) is 0 Å². The van der Waals surface area contributed by atoms with Crippen LogP contribution < -0.4 is 15.2 Å². The number of aromatic carboxylic acids is 1. The van der Waals surface area contributed by atoms with Crippen LogP contribution in [0.4, 0.5) is 5.69 Å². The summed E-state index contributed by atoms with van der Waals surface area (Å²) in [6, 6.07) is 17.6. The predicted molar refractivity (Wildman–Crippen MR) is 121 cm³/mol. The molecule has 0 spiro atoms. The predicted octanol–water partition coefficient (Wildman–Crippen LogP) is 4.35. The Kier molecular flexibility index (Phi) is 5.55. The van der Waals surface area contributed by atoms with E-state index in [-0.39, 0.29) is 22.6 Å². The summed E-state index contributed by atoms with van der Waals surface area (Å²) in [6.45, 7) is 2.15. The number of hydrogen-bond donors (Lipinski definition) is 2. The van der Waals surface area contributed by atoms with E-state index >= 15 is 0 Å². The molecule has 2 heterocycles. The highest BCUT2D eigenvalue weighted by molar-refractivity contribution is 6.12. The van der Waals surface area contributed by atoms with E-state index in [4.69, 9.17) is 15.2 Å². The maximum Gasteiger partial charge on any atom is 0.337 e. The molecule has 0 unspecified atom stereocenters. The molecule has 7 nitrogen and oxygen atoms in total. The number of anilines is 1. The van der Waals surface area contributed by atoms with Crippen LogP contribution in [0.5, 0.6) is 11.5 Å². The van der Waals surface area contributed by atoms with Gasteiger partial charge in [0.25, 0.3) is 0 Å². The van der Waals surface area contributed by atoms with E-state index in [1.165, 1.54) is 25.3 Å². The minimum atomic E-state index is -1.19. The van der Waals surface area contributed by atoms with E-state index in [1.807, 2.05) is 36.4 Å². The van der Waals surface area contributed by atoms with Crippen molar-refractivity contribution in [3.8, 4) is 11.5 Å².